The first-order valence-corrected chi connectivity index (χ1v) is 7.71. The van der Waals surface area contributed by atoms with Crippen molar-refractivity contribution in [2.75, 3.05) is 5.32 Å². The molecule has 2 aromatic rings. The maximum Gasteiger partial charge on any atom is 0.311 e. The summed E-state index contributed by atoms with van der Waals surface area (Å²) in [7, 11) is 0. The van der Waals surface area contributed by atoms with Crippen molar-refractivity contribution >= 4 is 23.3 Å². The molecule has 2 aromatic carbocycles. The number of esters is 1. The first-order valence-electron chi connectivity index (χ1n) is 7.71. The van der Waals surface area contributed by atoms with Gasteiger partial charge in [-0.3, -0.25) is 14.4 Å². The van der Waals surface area contributed by atoms with Crippen LogP contribution in [0.25, 0.3) is 0 Å². The van der Waals surface area contributed by atoms with E-state index in [4.69, 9.17) is 4.74 Å². The minimum absolute atomic E-state index is 0.125. The third-order valence-electron chi connectivity index (χ3n) is 3.51. The molecule has 2 rings (SSSR count). The maximum absolute atomic E-state index is 13.5. The molecule has 0 bridgehead atoms. The largest absolute Gasteiger partial charge is 0.452 e. The highest BCUT2D eigenvalue weighted by atomic mass is 19.1. The first-order chi connectivity index (χ1) is 11.9. The molecular weight excluding hydrogens is 325 g/mol. The van der Waals surface area contributed by atoms with E-state index in [2.05, 4.69) is 5.32 Å². The van der Waals surface area contributed by atoms with E-state index in [9.17, 15) is 18.8 Å². The summed E-state index contributed by atoms with van der Waals surface area (Å²) in [5.41, 5.74) is 1.09. The molecule has 1 N–H and O–H groups in total. The van der Waals surface area contributed by atoms with Crippen LogP contribution in [0.1, 0.15) is 29.8 Å². The number of ketones is 1. The Morgan fingerprint density at radius 3 is 2.52 bits per heavy atom. The molecule has 0 aliphatic rings. The number of rotatable bonds is 6. The molecule has 0 aromatic heterocycles. The molecule has 130 valence electrons. The second kappa shape index (κ2) is 8.19. The van der Waals surface area contributed by atoms with Gasteiger partial charge in [-0.05, 0) is 37.6 Å². The molecule has 0 aliphatic heterocycles. The van der Waals surface area contributed by atoms with Crippen molar-refractivity contribution in [3.05, 3.63) is 65.5 Å². The second-order valence-electron chi connectivity index (χ2n) is 5.53. The second-order valence-corrected chi connectivity index (χ2v) is 5.53. The van der Waals surface area contributed by atoms with Gasteiger partial charge >= 0.3 is 5.97 Å². The summed E-state index contributed by atoms with van der Waals surface area (Å²) < 4.78 is 18.6. The zero-order valence-electron chi connectivity index (χ0n) is 13.9. The minimum Gasteiger partial charge on any atom is -0.452 e. The van der Waals surface area contributed by atoms with Gasteiger partial charge in [-0.25, -0.2) is 4.39 Å². The number of amides is 1. The molecule has 1 amide bonds. The molecule has 0 saturated carbocycles. The third-order valence-corrected chi connectivity index (χ3v) is 3.51. The SMILES string of the molecule is CC(=O)c1cccc(NC(=O)[C@H](C)OC(=O)Cc2ccccc2F)c1. The van der Waals surface area contributed by atoms with Crippen LogP contribution in [0.3, 0.4) is 0 Å². The molecule has 0 saturated heterocycles. The predicted octanol–water partition coefficient (Wildman–Crippen LogP) is 3.14. The molecule has 0 fully saturated rings. The lowest BCUT2D eigenvalue weighted by Gasteiger charge is -2.14. The molecule has 5 nitrogen and oxygen atoms in total. The number of benzene rings is 2. The summed E-state index contributed by atoms with van der Waals surface area (Å²) in [5.74, 6) is -1.87. The van der Waals surface area contributed by atoms with Gasteiger partial charge in [0.25, 0.3) is 5.91 Å². The van der Waals surface area contributed by atoms with E-state index >= 15 is 0 Å². The standard InChI is InChI=1S/C19H18FNO4/c1-12(22)14-7-5-8-16(10-14)21-19(24)13(2)25-18(23)11-15-6-3-4-9-17(15)20/h3-10,13H,11H2,1-2H3,(H,21,24)/t13-/m0/s1. The number of hydrogen-bond acceptors (Lipinski definition) is 4. The van der Waals surface area contributed by atoms with E-state index in [0.29, 0.717) is 11.3 Å². The van der Waals surface area contributed by atoms with Crippen molar-refractivity contribution in [1.29, 1.82) is 0 Å². The first kappa shape index (κ1) is 18.3. The molecule has 6 heteroatoms. The van der Waals surface area contributed by atoms with Gasteiger partial charge in [0, 0.05) is 11.3 Å². The lowest BCUT2D eigenvalue weighted by atomic mass is 10.1. The van der Waals surface area contributed by atoms with Crippen LogP contribution in [-0.4, -0.2) is 23.8 Å². The van der Waals surface area contributed by atoms with Crippen molar-refractivity contribution in [3.8, 4) is 0 Å². The lowest BCUT2D eigenvalue weighted by Crippen LogP contribution is -2.30. The van der Waals surface area contributed by atoms with Gasteiger partial charge in [-0.1, -0.05) is 30.3 Å². The Hall–Kier alpha value is -3.02. The van der Waals surface area contributed by atoms with Gasteiger partial charge in [-0.2, -0.15) is 0 Å². The summed E-state index contributed by atoms with van der Waals surface area (Å²) in [6, 6.07) is 12.3. The summed E-state index contributed by atoms with van der Waals surface area (Å²) in [6.45, 7) is 2.84. The van der Waals surface area contributed by atoms with Crippen LogP contribution < -0.4 is 5.32 Å². The average molecular weight is 343 g/mol. The fourth-order valence-corrected chi connectivity index (χ4v) is 2.15. The minimum atomic E-state index is -1.06. The maximum atomic E-state index is 13.5. The number of nitrogens with one attached hydrogen (secondary N) is 1. The number of halogens is 1. The van der Waals surface area contributed by atoms with Crippen LogP contribution in [-0.2, 0) is 20.7 Å². The molecule has 0 unspecified atom stereocenters. The van der Waals surface area contributed by atoms with Crippen LogP contribution in [0.2, 0.25) is 0 Å². The van der Waals surface area contributed by atoms with Crippen molar-refractivity contribution in [2.45, 2.75) is 26.4 Å². The molecule has 0 heterocycles. The van der Waals surface area contributed by atoms with Crippen molar-refractivity contribution in [1.82, 2.24) is 0 Å². The van der Waals surface area contributed by atoms with Crippen LogP contribution in [0.15, 0.2) is 48.5 Å². The molecule has 0 aliphatic carbocycles. The summed E-state index contributed by atoms with van der Waals surface area (Å²) in [6.07, 6.45) is -1.32. The van der Waals surface area contributed by atoms with Crippen LogP contribution in [0, 0.1) is 5.82 Å². The summed E-state index contributed by atoms with van der Waals surface area (Å²) >= 11 is 0. The Morgan fingerprint density at radius 2 is 1.84 bits per heavy atom. The number of hydrogen-bond donors (Lipinski definition) is 1. The van der Waals surface area contributed by atoms with E-state index in [1.165, 1.54) is 38.1 Å². The van der Waals surface area contributed by atoms with Gasteiger partial charge in [-0.15, -0.1) is 0 Å². The summed E-state index contributed by atoms with van der Waals surface area (Å²) in [5, 5.41) is 2.58. The topological polar surface area (TPSA) is 72.5 Å². The molecule has 0 spiro atoms. The van der Waals surface area contributed by atoms with Gasteiger partial charge in [0.1, 0.15) is 5.82 Å². The number of ether oxygens (including phenoxy) is 1. The fraction of sp³-hybridized carbons (Fsp3) is 0.211. The smallest absolute Gasteiger partial charge is 0.311 e. The van der Waals surface area contributed by atoms with Crippen molar-refractivity contribution in [3.63, 3.8) is 0 Å². The number of carbonyl (C=O) groups is 3. The van der Waals surface area contributed by atoms with Crippen LogP contribution >= 0.6 is 0 Å². The Labute approximate surface area is 144 Å². The van der Waals surface area contributed by atoms with Gasteiger partial charge in [0.05, 0.1) is 6.42 Å². The Bertz CT molecular complexity index is 804. The van der Waals surface area contributed by atoms with E-state index in [1.54, 1.807) is 24.3 Å². The predicted molar refractivity (Wildman–Crippen MR) is 90.7 cm³/mol. The fourth-order valence-electron chi connectivity index (χ4n) is 2.15. The number of carbonyl (C=O) groups excluding carboxylic acids is 3. The quantitative estimate of drug-likeness (QED) is 0.646. The molecule has 0 radical (unpaired) electrons. The van der Waals surface area contributed by atoms with Crippen molar-refractivity contribution in [2.24, 2.45) is 0 Å². The van der Waals surface area contributed by atoms with Gasteiger partial charge in [0.15, 0.2) is 11.9 Å². The molecule has 25 heavy (non-hydrogen) atoms. The Kier molecular flexibility index (Phi) is 6.00. The highest BCUT2D eigenvalue weighted by Gasteiger charge is 2.19. The van der Waals surface area contributed by atoms with Crippen LogP contribution in [0.4, 0.5) is 10.1 Å². The van der Waals surface area contributed by atoms with Gasteiger partial charge < -0.3 is 10.1 Å². The van der Waals surface area contributed by atoms with Crippen LogP contribution in [0.5, 0.6) is 0 Å². The zero-order valence-corrected chi connectivity index (χ0v) is 13.9. The molecule has 1 atom stereocenters. The lowest BCUT2D eigenvalue weighted by molar-refractivity contribution is -0.152. The Morgan fingerprint density at radius 1 is 1.12 bits per heavy atom. The summed E-state index contributed by atoms with van der Waals surface area (Å²) in [4.78, 5) is 35.3. The van der Waals surface area contributed by atoms with Crippen molar-refractivity contribution < 1.29 is 23.5 Å². The normalized spacial score (nSPS) is 11.5. The highest BCUT2D eigenvalue weighted by Crippen LogP contribution is 2.13. The third kappa shape index (κ3) is 5.24. The van der Waals surface area contributed by atoms with E-state index in [-0.39, 0.29) is 17.8 Å². The van der Waals surface area contributed by atoms with E-state index < -0.39 is 23.8 Å². The van der Waals surface area contributed by atoms with E-state index in [0.717, 1.165) is 0 Å². The highest BCUT2D eigenvalue weighted by molar-refractivity contribution is 5.98. The monoisotopic (exact) mass is 343 g/mol. The van der Waals surface area contributed by atoms with E-state index in [1.807, 2.05) is 0 Å². The number of Topliss-reactive ketones (excluding diaryl/α,β-unsaturated/α-hetero) is 1. The number of anilines is 1. The zero-order chi connectivity index (χ0) is 18.4. The average Bonchev–Trinajstić information content (AvgIpc) is 2.57. The Balaban J connectivity index is 1.94. The molecular formula is C19H18FNO4. The van der Waals surface area contributed by atoms with Gasteiger partial charge in [0.2, 0.25) is 0 Å².